The molecule has 1 rings (SSSR count). The zero-order valence-electron chi connectivity index (χ0n) is 9.11. The normalized spacial score (nSPS) is 19.9. The summed E-state index contributed by atoms with van der Waals surface area (Å²) in [6.07, 6.45) is 2.19. The van der Waals surface area contributed by atoms with E-state index in [9.17, 15) is 4.79 Å². The molecule has 74 valence electrons. The Balaban J connectivity index is 0. The summed E-state index contributed by atoms with van der Waals surface area (Å²) in [5, 5.41) is 3.11. The largest absolute Gasteiger partial charge is 0.307 e. The van der Waals surface area contributed by atoms with Gasteiger partial charge in [0.2, 0.25) is 0 Å². The molecule has 1 heterocycles. The zero-order valence-corrected chi connectivity index (χ0v) is 9.11. The first kappa shape index (κ1) is 14.2. The summed E-state index contributed by atoms with van der Waals surface area (Å²) in [7, 11) is 0. The monoisotopic (exact) mass is 173 g/mol. The van der Waals surface area contributed by atoms with Crippen LogP contribution in [0.25, 0.3) is 0 Å². The number of rotatable bonds is 1. The van der Waals surface area contributed by atoms with Gasteiger partial charge in [-0.2, -0.15) is 0 Å². The van der Waals surface area contributed by atoms with E-state index in [1.165, 1.54) is 0 Å². The molecule has 2 nitrogen and oxygen atoms in total. The summed E-state index contributed by atoms with van der Waals surface area (Å²) >= 11 is 0. The quantitative estimate of drug-likeness (QED) is 0.659. The Kier molecular flexibility index (Phi) is 12.6. The maximum Gasteiger partial charge on any atom is 0.146 e. The predicted octanol–water partition coefficient (Wildman–Crippen LogP) is 2.38. The van der Waals surface area contributed by atoms with E-state index >= 15 is 0 Å². The van der Waals surface area contributed by atoms with Gasteiger partial charge in [-0.15, -0.1) is 0 Å². The lowest BCUT2D eigenvalue weighted by Gasteiger charge is -2.01. The molecule has 0 radical (unpaired) electrons. The van der Waals surface area contributed by atoms with Crippen LogP contribution in [0.4, 0.5) is 0 Å². The SMILES string of the molecule is CC.CC.CC(=O)C1CCCN1. The fourth-order valence-corrected chi connectivity index (χ4v) is 1.03. The Morgan fingerprint density at radius 3 is 1.92 bits per heavy atom. The van der Waals surface area contributed by atoms with E-state index < -0.39 is 0 Å². The summed E-state index contributed by atoms with van der Waals surface area (Å²) in [6.45, 7) is 10.7. The minimum absolute atomic E-state index is 0.176. The molecule has 0 amide bonds. The van der Waals surface area contributed by atoms with Gasteiger partial charge in [-0.25, -0.2) is 0 Å². The Hall–Kier alpha value is -0.370. The van der Waals surface area contributed by atoms with Crippen molar-refractivity contribution in [2.45, 2.75) is 53.5 Å². The van der Waals surface area contributed by atoms with Crippen molar-refractivity contribution in [1.29, 1.82) is 0 Å². The fraction of sp³-hybridized carbons (Fsp3) is 0.900. The van der Waals surface area contributed by atoms with E-state index in [4.69, 9.17) is 0 Å². The molecule has 0 bridgehead atoms. The lowest BCUT2D eigenvalue weighted by atomic mass is 10.2. The highest BCUT2D eigenvalue weighted by Gasteiger charge is 2.17. The van der Waals surface area contributed by atoms with Crippen molar-refractivity contribution >= 4 is 5.78 Å². The van der Waals surface area contributed by atoms with E-state index in [0.717, 1.165) is 19.4 Å². The molecule has 0 saturated carbocycles. The van der Waals surface area contributed by atoms with Gasteiger partial charge in [-0.3, -0.25) is 4.79 Å². The van der Waals surface area contributed by atoms with E-state index in [1.807, 2.05) is 27.7 Å². The van der Waals surface area contributed by atoms with Crippen molar-refractivity contribution in [3.05, 3.63) is 0 Å². The lowest BCUT2D eigenvalue weighted by molar-refractivity contribution is -0.118. The number of hydrogen-bond donors (Lipinski definition) is 1. The van der Waals surface area contributed by atoms with Crippen LogP contribution in [-0.4, -0.2) is 18.4 Å². The highest BCUT2D eigenvalue weighted by atomic mass is 16.1. The molecule has 1 unspecified atom stereocenters. The summed E-state index contributed by atoms with van der Waals surface area (Å²) < 4.78 is 0. The van der Waals surface area contributed by atoms with Gasteiger partial charge in [-0.05, 0) is 26.3 Å². The second kappa shape index (κ2) is 10.6. The third-order valence-electron chi connectivity index (χ3n) is 1.55. The van der Waals surface area contributed by atoms with Crippen LogP contribution in [-0.2, 0) is 4.79 Å². The smallest absolute Gasteiger partial charge is 0.146 e. The first-order valence-corrected chi connectivity index (χ1v) is 5.04. The van der Waals surface area contributed by atoms with Gasteiger partial charge in [0, 0.05) is 0 Å². The molecule has 0 aromatic rings. The van der Waals surface area contributed by atoms with Crippen molar-refractivity contribution in [1.82, 2.24) is 5.32 Å². The Labute approximate surface area is 76.7 Å². The van der Waals surface area contributed by atoms with Crippen molar-refractivity contribution in [3.8, 4) is 0 Å². The predicted molar refractivity (Wildman–Crippen MR) is 54.4 cm³/mol. The van der Waals surface area contributed by atoms with Gasteiger partial charge in [-0.1, -0.05) is 27.7 Å². The van der Waals surface area contributed by atoms with E-state index in [1.54, 1.807) is 6.92 Å². The molecule has 0 aromatic carbocycles. The van der Waals surface area contributed by atoms with Crippen LogP contribution >= 0.6 is 0 Å². The number of carbonyl (C=O) groups is 1. The topological polar surface area (TPSA) is 29.1 Å². The van der Waals surface area contributed by atoms with Crippen molar-refractivity contribution < 1.29 is 4.79 Å². The molecule has 12 heavy (non-hydrogen) atoms. The van der Waals surface area contributed by atoms with E-state index in [2.05, 4.69) is 5.32 Å². The number of carbonyl (C=O) groups excluding carboxylic acids is 1. The van der Waals surface area contributed by atoms with Gasteiger partial charge in [0.25, 0.3) is 0 Å². The number of Topliss-reactive ketones (excluding diaryl/α,β-unsaturated/α-hetero) is 1. The van der Waals surface area contributed by atoms with Gasteiger partial charge < -0.3 is 5.32 Å². The summed E-state index contributed by atoms with van der Waals surface area (Å²) in [5.74, 6) is 0.280. The van der Waals surface area contributed by atoms with Crippen LogP contribution in [0.5, 0.6) is 0 Å². The van der Waals surface area contributed by atoms with E-state index in [-0.39, 0.29) is 11.8 Å². The molecule has 0 spiro atoms. The minimum Gasteiger partial charge on any atom is -0.307 e. The van der Waals surface area contributed by atoms with Gasteiger partial charge >= 0.3 is 0 Å². The molecule has 2 heteroatoms. The third-order valence-corrected chi connectivity index (χ3v) is 1.55. The molecule has 1 aliphatic heterocycles. The summed E-state index contributed by atoms with van der Waals surface area (Å²) in [6, 6.07) is 0.176. The fourth-order valence-electron chi connectivity index (χ4n) is 1.03. The number of hydrogen-bond acceptors (Lipinski definition) is 2. The molecule has 1 N–H and O–H groups in total. The minimum atomic E-state index is 0.176. The van der Waals surface area contributed by atoms with Crippen LogP contribution in [0, 0.1) is 0 Å². The van der Waals surface area contributed by atoms with Gasteiger partial charge in [0.1, 0.15) is 5.78 Å². The highest BCUT2D eigenvalue weighted by Crippen LogP contribution is 2.04. The van der Waals surface area contributed by atoms with Gasteiger partial charge in [0.15, 0.2) is 0 Å². The molecule has 1 atom stereocenters. The lowest BCUT2D eigenvalue weighted by Crippen LogP contribution is -2.28. The number of ketones is 1. The van der Waals surface area contributed by atoms with Gasteiger partial charge in [0.05, 0.1) is 6.04 Å². The zero-order chi connectivity index (χ0) is 9.98. The van der Waals surface area contributed by atoms with Crippen molar-refractivity contribution in [2.24, 2.45) is 0 Å². The highest BCUT2D eigenvalue weighted by molar-refractivity contribution is 5.81. The molecular weight excluding hydrogens is 150 g/mol. The Morgan fingerprint density at radius 1 is 1.25 bits per heavy atom. The second-order valence-electron chi connectivity index (χ2n) is 2.26. The van der Waals surface area contributed by atoms with Crippen LogP contribution in [0.3, 0.4) is 0 Å². The standard InChI is InChI=1S/C6H11NO.2C2H6/c1-5(8)6-3-2-4-7-6;2*1-2/h6-7H,2-4H2,1H3;2*1-2H3. The average Bonchev–Trinajstić information content (AvgIpc) is 2.64. The first-order chi connectivity index (χ1) is 5.80. The van der Waals surface area contributed by atoms with Crippen LogP contribution in [0.1, 0.15) is 47.5 Å². The molecule has 0 aliphatic carbocycles. The maximum absolute atomic E-state index is 10.6. The van der Waals surface area contributed by atoms with Crippen LogP contribution < -0.4 is 5.32 Å². The Morgan fingerprint density at radius 2 is 1.75 bits per heavy atom. The Bertz CT molecular complexity index is 96.0. The molecule has 1 aliphatic rings. The van der Waals surface area contributed by atoms with E-state index in [0.29, 0.717) is 0 Å². The number of nitrogens with one attached hydrogen (secondary N) is 1. The molecule has 0 aromatic heterocycles. The maximum atomic E-state index is 10.6. The van der Waals surface area contributed by atoms with Crippen molar-refractivity contribution in [2.75, 3.05) is 6.54 Å². The summed E-state index contributed by atoms with van der Waals surface area (Å²) in [5.41, 5.74) is 0. The average molecular weight is 173 g/mol. The second-order valence-corrected chi connectivity index (χ2v) is 2.26. The molecule has 1 saturated heterocycles. The van der Waals surface area contributed by atoms with Crippen LogP contribution in [0.2, 0.25) is 0 Å². The third kappa shape index (κ3) is 6.35. The van der Waals surface area contributed by atoms with Crippen LogP contribution in [0.15, 0.2) is 0 Å². The van der Waals surface area contributed by atoms with Crippen molar-refractivity contribution in [3.63, 3.8) is 0 Å². The molecular formula is C10H23NO. The molecule has 1 fully saturated rings. The first-order valence-electron chi connectivity index (χ1n) is 5.04. The summed E-state index contributed by atoms with van der Waals surface area (Å²) in [4.78, 5) is 10.6.